The van der Waals surface area contributed by atoms with Crippen molar-refractivity contribution in [2.45, 2.75) is 58.4 Å². The van der Waals surface area contributed by atoms with Crippen molar-refractivity contribution >= 4 is 33.2 Å². The lowest BCUT2D eigenvalue weighted by molar-refractivity contribution is -0.121. The number of fused-ring (bicyclic) bond motifs is 1. The van der Waals surface area contributed by atoms with Crippen LogP contribution in [0.3, 0.4) is 0 Å². The van der Waals surface area contributed by atoms with Gasteiger partial charge in [0, 0.05) is 31.0 Å². The number of nitrogens with zero attached hydrogens (tertiary/aromatic N) is 4. The van der Waals surface area contributed by atoms with Gasteiger partial charge in [-0.15, -0.1) is 0 Å². The van der Waals surface area contributed by atoms with Crippen LogP contribution >= 0.6 is 0 Å². The van der Waals surface area contributed by atoms with E-state index in [1.54, 1.807) is 18.7 Å². The molecule has 2 amide bonds. The van der Waals surface area contributed by atoms with Gasteiger partial charge < -0.3 is 10.2 Å². The summed E-state index contributed by atoms with van der Waals surface area (Å²) in [6, 6.07) is 13.6. The number of benzene rings is 2. The summed E-state index contributed by atoms with van der Waals surface area (Å²) >= 11 is 0. The van der Waals surface area contributed by atoms with E-state index in [-0.39, 0.29) is 29.8 Å². The molecule has 10 heteroatoms. The zero-order valence-corrected chi connectivity index (χ0v) is 23.7. The van der Waals surface area contributed by atoms with Crippen LogP contribution in [0.4, 0.5) is 11.4 Å². The van der Waals surface area contributed by atoms with Gasteiger partial charge in [0.2, 0.25) is 21.8 Å². The van der Waals surface area contributed by atoms with Crippen LogP contribution in [0.2, 0.25) is 0 Å². The van der Waals surface area contributed by atoms with Crippen molar-refractivity contribution in [3.8, 4) is 0 Å². The molecular formula is C29H35N5O4S. The van der Waals surface area contributed by atoms with Crippen molar-refractivity contribution in [2.75, 3.05) is 29.9 Å². The first-order valence-corrected chi connectivity index (χ1v) is 14.8. The first kappa shape index (κ1) is 27.1. The van der Waals surface area contributed by atoms with E-state index in [1.165, 1.54) is 8.99 Å². The number of aromatic nitrogens is 2. The molecule has 0 saturated carbocycles. The number of aryl methyl sites for hydroxylation is 3. The van der Waals surface area contributed by atoms with Gasteiger partial charge in [0.15, 0.2) is 0 Å². The molecule has 3 aromatic rings. The van der Waals surface area contributed by atoms with Gasteiger partial charge in [0.1, 0.15) is 11.4 Å². The predicted molar refractivity (Wildman–Crippen MR) is 150 cm³/mol. The van der Waals surface area contributed by atoms with Crippen LogP contribution in [0.15, 0.2) is 47.4 Å². The molecule has 1 saturated heterocycles. The Bertz CT molecular complexity index is 1540. The zero-order valence-electron chi connectivity index (χ0n) is 22.9. The predicted octanol–water partition coefficient (Wildman–Crippen LogP) is 3.75. The van der Waals surface area contributed by atoms with Gasteiger partial charge in [0.25, 0.3) is 0 Å². The molecule has 1 fully saturated rings. The molecule has 0 bridgehead atoms. The lowest BCUT2D eigenvalue weighted by Crippen LogP contribution is -2.44. The van der Waals surface area contributed by atoms with Crippen molar-refractivity contribution < 1.29 is 18.0 Å². The number of sulfonamides is 1. The Kier molecular flexibility index (Phi) is 7.35. The number of anilines is 2. The standard InChI is InChI=1S/C29H35N5O4S/c1-19-11-12-25(20(2)16-19)30-29(36)24-9-7-14-32(17-24)39(37,38)28-21(3)31-34(22(28)4)18-27(35)33-15-13-23-8-5-6-10-26(23)33/h5-6,8,10-12,16,24H,7,9,13-15,17-18H2,1-4H3,(H,30,36)/t24-/m0/s1. The Hall–Kier alpha value is -3.50. The molecule has 0 radical (unpaired) electrons. The number of carbonyl (C=O) groups excluding carboxylic acids is 2. The Labute approximate surface area is 229 Å². The molecule has 3 heterocycles. The molecular weight excluding hydrogens is 514 g/mol. The van der Waals surface area contributed by atoms with Gasteiger partial charge in [-0.3, -0.25) is 14.3 Å². The van der Waals surface area contributed by atoms with E-state index in [2.05, 4.69) is 10.4 Å². The number of nitrogens with one attached hydrogen (secondary N) is 1. The molecule has 2 aromatic carbocycles. The minimum absolute atomic E-state index is 0.0442. The maximum atomic E-state index is 13.8. The molecule has 0 unspecified atom stereocenters. The van der Waals surface area contributed by atoms with Gasteiger partial charge in [-0.2, -0.15) is 9.40 Å². The first-order chi connectivity index (χ1) is 18.6. The fourth-order valence-electron chi connectivity index (χ4n) is 5.71. The van der Waals surface area contributed by atoms with E-state index < -0.39 is 15.9 Å². The highest BCUT2D eigenvalue weighted by molar-refractivity contribution is 7.89. The summed E-state index contributed by atoms with van der Waals surface area (Å²) in [5.41, 5.74) is 5.62. The van der Waals surface area contributed by atoms with Gasteiger partial charge in [0.05, 0.1) is 17.3 Å². The van der Waals surface area contributed by atoms with Crippen LogP contribution in [-0.4, -0.2) is 54.0 Å². The van der Waals surface area contributed by atoms with Gasteiger partial charge in [-0.05, 0) is 70.2 Å². The summed E-state index contributed by atoms with van der Waals surface area (Å²) in [4.78, 5) is 28.1. The normalized spacial score (nSPS) is 17.7. The molecule has 0 spiro atoms. The first-order valence-electron chi connectivity index (χ1n) is 13.4. The lowest BCUT2D eigenvalue weighted by atomic mass is 9.98. The summed E-state index contributed by atoms with van der Waals surface area (Å²) in [6.45, 7) is 8.27. The largest absolute Gasteiger partial charge is 0.326 e. The monoisotopic (exact) mass is 549 g/mol. The van der Waals surface area contributed by atoms with E-state index in [4.69, 9.17) is 0 Å². The van der Waals surface area contributed by atoms with Crippen LogP contribution in [0.5, 0.6) is 0 Å². The smallest absolute Gasteiger partial charge is 0.248 e. The zero-order chi connectivity index (χ0) is 27.9. The second kappa shape index (κ2) is 10.6. The molecule has 5 rings (SSSR count). The van der Waals surface area contributed by atoms with Crippen LogP contribution in [-0.2, 0) is 32.6 Å². The fourth-order valence-corrected chi connectivity index (χ4v) is 7.61. The second-order valence-corrected chi connectivity index (χ2v) is 12.5. The third kappa shape index (κ3) is 5.23. The molecule has 206 valence electrons. The number of amides is 2. The molecule has 2 aliphatic heterocycles. The highest BCUT2D eigenvalue weighted by Gasteiger charge is 2.37. The second-order valence-electron chi connectivity index (χ2n) is 10.6. The Morgan fingerprint density at radius 2 is 1.82 bits per heavy atom. The number of carbonyl (C=O) groups is 2. The molecule has 39 heavy (non-hydrogen) atoms. The average Bonchev–Trinajstić information content (AvgIpc) is 3.46. The number of piperidine rings is 1. The van der Waals surface area contributed by atoms with Crippen molar-refractivity contribution in [1.29, 1.82) is 0 Å². The number of rotatable bonds is 6. The molecule has 1 N–H and O–H groups in total. The van der Waals surface area contributed by atoms with E-state index >= 15 is 0 Å². The van der Waals surface area contributed by atoms with Crippen LogP contribution in [0, 0.1) is 33.6 Å². The number of hydrogen-bond acceptors (Lipinski definition) is 5. The maximum absolute atomic E-state index is 13.8. The van der Waals surface area contributed by atoms with E-state index in [9.17, 15) is 18.0 Å². The highest BCUT2D eigenvalue weighted by atomic mass is 32.2. The lowest BCUT2D eigenvalue weighted by Gasteiger charge is -2.31. The quantitative estimate of drug-likeness (QED) is 0.504. The van der Waals surface area contributed by atoms with Crippen molar-refractivity contribution in [1.82, 2.24) is 14.1 Å². The Morgan fingerprint density at radius 3 is 2.59 bits per heavy atom. The third-order valence-electron chi connectivity index (χ3n) is 7.78. The molecule has 0 aliphatic carbocycles. The minimum Gasteiger partial charge on any atom is -0.326 e. The SMILES string of the molecule is Cc1ccc(NC(=O)[C@H]2CCCN(S(=O)(=O)c3c(C)nn(CC(=O)N4CCc5ccccc54)c3C)C2)c(C)c1. The van der Waals surface area contributed by atoms with Crippen LogP contribution in [0.1, 0.15) is 40.9 Å². The maximum Gasteiger partial charge on any atom is 0.248 e. The summed E-state index contributed by atoms with van der Waals surface area (Å²) in [5, 5.41) is 7.43. The van der Waals surface area contributed by atoms with Gasteiger partial charge in [-0.25, -0.2) is 8.42 Å². The van der Waals surface area contributed by atoms with Crippen LogP contribution in [0.25, 0.3) is 0 Å². The topological polar surface area (TPSA) is 105 Å². The summed E-state index contributed by atoms with van der Waals surface area (Å²) in [7, 11) is -3.91. The highest BCUT2D eigenvalue weighted by Crippen LogP contribution is 2.30. The third-order valence-corrected chi connectivity index (χ3v) is 9.90. The molecule has 2 aliphatic rings. The summed E-state index contributed by atoms with van der Waals surface area (Å²) in [6.07, 6.45) is 2.00. The molecule has 9 nitrogen and oxygen atoms in total. The minimum atomic E-state index is -3.91. The van der Waals surface area contributed by atoms with E-state index in [1.807, 2.05) is 56.3 Å². The molecule has 1 aromatic heterocycles. The van der Waals surface area contributed by atoms with E-state index in [0.29, 0.717) is 37.3 Å². The summed E-state index contributed by atoms with van der Waals surface area (Å²) in [5.74, 6) is -0.764. The number of para-hydroxylation sites is 1. The van der Waals surface area contributed by atoms with Crippen molar-refractivity contribution in [3.05, 3.63) is 70.5 Å². The molecule has 1 atom stereocenters. The van der Waals surface area contributed by atoms with Crippen molar-refractivity contribution in [3.63, 3.8) is 0 Å². The Balaban J connectivity index is 1.32. The average molecular weight is 550 g/mol. The number of hydrogen-bond donors (Lipinski definition) is 1. The Morgan fingerprint density at radius 1 is 1.05 bits per heavy atom. The summed E-state index contributed by atoms with van der Waals surface area (Å²) < 4.78 is 30.5. The van der Waals surface area contributed by atoms with Gasteiger partial charge in [-0.1, -0.05) is 35.9 Å². The van der Waals surface area contributed by atoms with Gasteiger partial charge >= 0.3 is 0 Å². The van der Waals surface area contributed by atoms with Crippen molar-refractivity contribution in [2.24, 2.45) is 5.92 Å². The van der Waals surface area contributed by atoms with E-state index in [0.717, 1.165) is 34.5 Å². The van der Waals surface area contributed by atoms with Crippen LogP contribution < -0.4 is 10.2 Å². The fraction of sp³-hybridized carbons (Fsp3) is 0.414.